The summed E-state index contributed by atoms with van der Waals surface area (Å²) in [5.41, 5.74) is 1.32. The second-order valence-electron chi connectivity index (χ2n) is 7.73. The fourth-order valence-electron chi connectivity index (χ4n) is 3.47. The molecule has 1 atom stereocenters. The third-order valence-electron chi connectivity index (χ3n) is 5.51. The van der Waals surface area contributed by atoms with Gasteiger partial charge in [-0.3, -0.25) is 4.79 Å². The fraction of sp³-hybridized carbons (Fsp3) is 0.250. The molecule has 1 N–H and O–H groups in total. The van der Waals surface area contributed by atoms with E-state index in [0.29, 0.717) is 34.4 Å². The van der Waals surface area contributed by atoms with E-state index in [4.69, 9.17) is 11.6 Å². The van der Waals surface area contributed by atoms with E-state index >= 15 is 0 Å². The van der Waals surface area contributed by atoms with Gasteiger partial charge in [-0.15, -0.1) is 13.2 Å². The number of hydrogen-bond donors (Lipinski definition) is 1. The molecule has 3 aromatic rings. The van der Waals surface area contributed by atoms with Gasteiger partial charge in [-0.1, -0.05) is 36.7 Å². The van der Waals surface area contributed by atoms with Crippen molar-refractivity contribution in [2.75, 3.05) is 5.32 Å². The summed E-state index contributed by atoms with van der Waals surface area (Å²) in [7, 11) is 0. The largest absolute Gasteiger partial charge is 0.573 e. The molecule has 1 heterocycles. The highest BCUT2D eigenvalue weighted by Crippen LogP contribution is 2.36. The van der Waals surface area contributed by atoms with Gasteiger partial charge >= 0.3 is 6.36 Å². The fourth-order valence-corrected chi connectivity index (χ4v) is 3.63. The van der Waals surface area contributed by atoms with Gasteiger partial charge in [-0.25, -0.2) is 9.37 Å². The Labute approximate surface area is 193 Å². The Kier molecular flexibility index (Phi) is 6.97. The van der Waals surface area contributed by atoms with Crippen LogP contribution in [0.25, 0.3) is 11.1 Å². The van der Waals surface area contributed by atoms with Gasteiger partial charge in [-0.2, -0.15) is 0 Å². The molecule has 4 nitrogen and oxygen atoms in total. The molecule has 0 spiro atoms. The van der Waals surface area contributed by atoms with Crippen LogP contribution in [0.1, 0.15) is 31.4 Å². The highest BCUT2D eigenvalue weighted by Gasteiger charge is 2.36. The quantitative estimate of drug-likeness (QED) is 0.303. The van der Waals surface area contributed by atoms with Crippen LogP contribution in [0.3, 0.4) is 0 Å². The number of amides is 1. The summed E-state index contributed by atoms with van der Waals surface area (Å²) in [5.74, 6) is -1.27. The van der Waals surface area contributed by atoms with Crippen molar-refractivity contribution in [1.29, 1.82) is 0 Å². The topological polar surface area (TPSA) is 51.2 Å². The number of carbonyl (C=O) groups excluding carboxylic acids is 1. The number of alkyl halides is 3. The van der Waals surface area contributed by atoms with E-state index < -0.39 is 29.3 Å². The monoisotopic (exact) mass is 480 g/mol. The van der Waals surface area contributed by atoms with Crippen molar-refractivity contribution in [3.05, 3.63) is 76.8 Å². The molecule has 0 bridgehead atoms. The lowest BCUT2D eigenvalue weighted by atomic mass is 9.79. The van der Waals surface area contributed by atoms with Crippen LogP contribution < -0.4 is 10.1 Å². The smallest absolute Gasteiger partial charge is 0.406 e. The van der Waals surface area contributed by atoms with Crippen molar-refractivity contribution in [2.24, 2.45) is 0 Å². The molecule has 9 heteroatoms. The average molecular weight is 481 g/mol. The Morgan fingerprint density at radius 3 is 2.48 bits per heavy atom. The molecule has 0 aliphatic rings. The van der Waals surface area contributed by atoms with Crippen LogP contribution in [0, 0.1) is 12.7 Å². The molecule has 33 heavy (non-hydrogen) atoms. The maximum absolute atomic E-state index is 13.6. The van der Waals surface area contributed by atoms with Crippen molar-refractivity contribution >= 4 is 23.2 Å². The van der Waals surface area contributed by atoms with Crippen LogP contribution in [0.2, 0.25) is 5.15 Å². The lowest BCUT2D eigenvalue weighted by Gasteiger charge is -2.28. The van der Waals surface area contributed by atoms with Crippen LogP contribution in [0.4, 0.5) is 23.2 Å². The van der Waals surface area contributed by atoms with E-state index in [1.54, 1.807) is 39.0 Å². The van der Waals surface area contributed by atoms with Crippen LogP contribution in [0.15, 0.2) is 54.7 Å². The van der Waals surface area contributed by atoms with Crippen LogP contribution in [-0.2, 0) is 10.2 Å². The second kappa shape index (κ2) is 9.39. The number of nitrogens with one attached hydrogen (secondary N) is 1. The molecule has 0 aliphatic carbocycles. The van der Waals surface area contributed by atoms with E-state index in [1.807, 2.05) is 0 Å². The van der Waals surface area contributed by atoms with Gasteiger partial charge in [0.1, 0.15) is 16.7 Å². The zero-order valence-electron chi connectivity index (χ0n) is 18.1. The Balaban J connectivity index is 1.98. The summed E-state index contributed by atoms with van der Waals surface area (Å²) in [6.07, 6.45) is -3.17. The van der Waals surface area contributed by atoms with Gasteiger partial charge in [0.15, 0.2) is 0 Å². The first-order valence-electron chi connectivity index (χ1n) is 10.0. The SMILES string of the molecule is CCC(C)(C(=O)Nc1cnc(Cl)cc1-c1ccc(F)cc1C)c1cccc(OC(F)(F)F)c1. The van der Waals surface area contributed by atoms with E-state index in [9.17, 15) is 22.4 Å². The molecule has 0 saturated heterocycles. The molecule has 0 radical (unpaired) electrons. The number of carbonyl (C=O) groups is 1. The molecule has 2 aromatic carbocycles. The number of nitrogens with zero attached hydrogens (tertiary/aromatic N) is 1. The standard InChI is InChI=1S/C24H21ClF4N2O2/c1-4-23(3,15-6-5-7-17(11-15)33-24(27,28)29)22(32)31-20-13-30-21(25)12-19(20)18-9-8-16(26)10-14(18)2/h5-13H,4H2,1-3H3,(H,31,32). The van der Waals surface area contributed by atoms with E-state index in [1.165, 1.54) is 36.5 Å². The van der Waals surface area contributed by atoms with Crippen LogP contribution >= 0.6 is 11.6 Å². The van der Waals surface area contributed by atoms with Crippen LogP contribution in [0.5, 0.6) is 5.75 Å². The number of pyridine rings is 1. The lowest BCUT2D eigenvalue weighted by molar-refractivity contribution is -0.274. The molecule has 1 unspecified atom stereocenters. The number of aromatic nitrogens is 1. The van der Waals surface area contributed by atoms with E-state index in [-0.39, 0.29) is 5.15 Å². The highest BCUT2D eigenvalue weighted by molar-refractivity contribution is 6.29. The molecule has 3 rings (SSSR count). The van der Waals surface area contributed by atoms with Crippen molar-refractivity contribution in [1.82, 2.24) is 4.98 Å². The molecular weight excluding hydrogens is 460 g/mol. The Bertz CT molecular complexity index is 1180. The summed E-state index contributed by atoms with van der Waals surface area (Å²) < 4.78 is 55.5. The molecule has 0 aliphatic heterocycles. The molecule has 174 valence electrons. The maximum atomic E-state index is 13.6. The van der Waals surface area contributed by atoms with Gasteiger partial charge < -0.3 is 10.1 Å². The van der Waals surface area contributed by atoms with Gasteiger partial charge in [0.05, 0.1) is 17.3 Å². The summed E-state index contributed by atoms with van der Waals surface area (Å²) in [6.45, 7) is 5.10. The lowest BCUT2D eigenvalue weighted by Crippen LogP contribution is -2.37. The zero-order chi connectivity index (χ0) is 24.4. The number of ether oxygens (including phenoxy) is 1. The normalized spacial score (nSPS) is 13.3. The molecule has 1 aromatic heterocycles. The molecular formula is C24H21ClF4N2O2. The Hall–Kier alpha value is -3.13. The first-order valence-corrected chi connectivity index (χ1v) is 10.4. The predicted molar refractivity (Wildman–Crippen MR) is 119 cm³/mol. The van der Waals surface area contributed by atoms with Crippen molar-refractivity contribution < 1.29 is 27.1 Å². The summed E-state index contributed by atoms with van der Waals surface area (Å²) in [5, 5.41) is 3.00. The molecule has 0 saturated carbocycles. The number of rotatable bonds is 6. The molecule has 1 amide bonds. The summed E-state index contributed by atoms with van der Waals surface area (Å²) in [6, 6.07) is 11.1. The van der Waals surface area contributed by atoms with Crippen molar-refractivity contribution in [2.45, 2.75) is 39.0 Å². The minimum atomic E-state index is -4.85. The maximum Gasteiger partial charge on any atom is 0.573 e. The van der Waals surface area contributed by atoms with Crippen molar-refractivity contribution in [3.63, 3.8) is 0 Å². The number of hydrogen-bond acceptors (Lipinski definition) is 3. The van der Waals surface area contributed by atoms with Gasteiger partial charge in [-0.05, 0) is 67.3 Å². The summed E-state index contributed by atoms with van der Waals surface area (Å²) in [4.78, 5) is 17.4. The number of benzene rings is 2. The summed E-state index contributed by atoms with van der Waals surface area (Å²) >= 11 is 6.07. The number of halogens is 5. The first kappa shape index (κ1) is 24.5. The van der Waals surface area contributed by atoms with Gasteiger partial charge in [0, 0.05) is 5.56 Å². The molecule has 0 fully saturated rings. The predicted octanol–water partition coefficient (Wildman–Crippen LogP) is 7.05. The zero-order valence-corrected chi connectivity index (χ0v) is 18.8. The first-order chi connectivity index (χ1) is 15.4. The van der Waals surface area contributed by atoms with Crippen molar-refractivity contribution in [3.8, 4) is 16.9 Å². The Morgan fingerprint density at radius 1 is 1.12 bits per heavy atom. The number of aryl methyl sites for hydroxylation is 1. The van der Waals surface area contributed by atoms with E-state index in [0.717, 1.165) is 0 Å². The number of anilines is 1. The van der Waals surface area contributed by atoms with Gasteiger partial charge in [0.2, 0.25) is 5.91 Å². The third kappa shape index (κ3) is 5.63. The minimum Gasteiger partial charge on any atom is -0.406 e. The van der Waals surface area contributed by atoms with E-state index in [2.05, 4.69) is 15.0 Å². The minimum absolute atomic E-state index is 0.182. The third-order valence-corrected chi connectivity index (χ3v) is 5.72. The van der Waals surface area contributed by atoms with Crippen LogP contribution in [-0.4, -0.2) is 17.3 Å². The second-order valence-corrected chi connectivity index (χ2v) is 8.11. The Morgan fingerprint density at radius 2 is 1.85 bits per heavy atom. The average Bonchev–Trinajstić information content (AvgIpc) is 2.73. The highest BCUT2D eigenvalue weighted by atomic mass is 35.5. The van der Waals surface area contributed by atoms with Gasteiger partial charge in [0.25, 0.3) is 0 Å².